The zero-order valence-corrected chi connectivity index (χ0v) is 14.6. The normalized spacial score (nSPS) is 11.6. The fraction of sp³-hybridized carbons (Fsp3) is 0.211. The monoisotopic (exact) mass is 375 g/mol. The Labute approximate surface area is 152 Å². The van der Waals surface area contributed by atoms with E-state index in [1.807, 2.05) is 6.92 Å². The molecule has 5 nitrogen and oxygen atoms in total. The van der Waals surface area contributed by atoms with Crippen LogP contribution in [0.1, 0.15) is 27.0 Å². The lowest BCUT2D eigenvalue weighted by atomic mass is 10.1. The lowest BCUT2D eigenvalue weighted by Crippen LogP contribution is -2.33. The van der Waals surface area contributed by atoms with Crippen LogP contribution in [0.5, 0.6) is 0 Å². The maximum atomic E-state index is 12.6. The smallest absolute Gasteiger partial charge is 0.337 e. The van der Waals surface area contributed by atoms with Crippen molar-refractivity contribution in [2.45, 2.75) is 19.6 Å². The summed E-state index contributed by atoms with van der Waals surface area (Å²) in [5.74, 6) is -0.552. The fourth-order valence-corrected chi connectivity index (χ4v) is 2.68. The van der Waals surface area contributed by atoms with E-state index in [1.54, 1.807) is 18.3 Å². The number of pyridine rings is 1. The number of aromatic nitrogens is 2. The van der Waals surface area contributed by atoms with Crippen LogP contribution in [0, 0.1) is 6.92 Å². The molecule has 2 heterocycles. The topological polar surface area (TPSA) is 54.7 Å². The van der Waals surface area contributed by atoms with Crippen molar-refractivity contribution in [2.75, 3.05) is 7.05 Å². The van der Waals surface area contributed by atoms with Crippen molar-refractivity contribution in [2.24, 2.45) is 0 Å². The van der Waals surface area contributed by atoms with Gasteiger partial charge in [0, 0.05) is 26.0 Å². The molecule has 3 aromatic rings. The minimum absolute atomic E-state index is 0.0624. The third kappa shape index (κ3) is 3.84. The Kier molecular flexibility index (Phi) is 4.73. The molecule has 27 heavy (non-hydrogen) atoms. The summed E-state index contributed by atoms with van der Waals surface area (Å²) in [5.41, 5.74) is 0.429. The second-order valence-electron chi connectivity index (χ2n) is 6.27. The highest BCUT2D eigenvalue weighted by atomic mass is 19.4. The van der Waals surface area contributed by atoms with Gasteiger partial charge in [-0.15, -0.1) is 0 Å². The van der Waals surface area contributed by atoms with Crippen LogP contribution in [0.3, 0.4) is 0 Å². The van der Waals surface area contributed by atoms with Crippen molar-refractivity contribution in [3.8, 4) is 0 Å². The van der Waals surface area contributed by atoms with Crippen LogP contribution >= 0.6 is 0 Å². The summed E-state index contributed by atoms with van der Waals surface area (Å²) in [6.45, 7) is 1.88. The quantitative estimate of drug-likeness (QED) is 0.706. The molecule has 0 unspecified atom stereocenters. The van der Waals surface area contributed by atoms with Crippen LogP contribution in [0.4, 0.5) is 13.2 Å². The van der Waals surface area contributed by atoms with E-state index in [4.69, 9.17) is 0 Å². The van der Waals surface area contributed by atoms with Crippen molar-refractivity contribution in [1.82, 2.24) is 14.3 Å². The number of benzene rings is 1. The van der Waals surface area contributed by atoms with Crippen LogP contribution in [0.25, 0.3) is 5.65 Å². The number of rotatable bonds is 3. The standard InChI is InChI=1S/C19H16F3N3O2/c1-12-3-8-16-23-9-15(18(27)25(16)10-12)17(26)24(2)11-13-4-6-14(7-5-13)19(20,21)22/h3-10H,11H2,1-2H3. The molecule has 0 aliphatic rings. The van der Waals surface area contributed by atoms with Gasteiger partial charge < -0.3 is 4.90 Å². The van der Waals surface area contributed by atoms with Gasteiger partial charge in [-0.1, -0.05) is 18.2 Å². The highest BCUT2D eigenvalue weighted by Crippen LogP contribution is 2.29. The van der Waals surface area contributed by atoms with E-state index in [9.17, 15) is 22.8 Å². The molecule has 1 amide bonds. The first kappa shape index (κ1) is 18.6. The summed E-state index contributed by atoms with van der Waals surface area (Å²) in [5, 5.41) is 0. The van der Waals surface area contributed by atoms with E-state index < -0.39 is 23.2 Å². The van der Waals surface area contributed by atoms with Gasteiger partial charge in [0.2, 0.25) is 0 Å². The number of carbonyl (C=O) groups is 1. The largest absolute Gasteiger partial charge is 0.416 e. The van der Waals surface area contributed by atoms with Gasteiger partial charge >= 0.3 is 6.18 Å². The minimum atomic E-state index is -4.41. The predicted molar refractivity (Wildman–Crippen MR) is 93.4 cm³/mol. The van der Waals surface area contributed by atoms with E-state index in [2.05, 4.69) is 4.98 Å². The molecule has 0 aliphatic carbocycles. The molecule has 8 heteroatoms. The molecule has 2 aromatic heterocycles. The molecular formula is C19H16F3N3O2. The van der Waals surface area contributed by atoms with Gasteiger partial charge in [-0.25, -0.2) is 4.98 Å². The van der Waals surface area contributed by atoms with Gasteiger partial charge in [-0.3, -0.25) is 14.0 Å². The summed E-state index contributed by atoms with van der Waals surface area (Å²) in [6.07, 6.45) is -1.60. The second-order valence-corrected chi connectivity index (χ2v) is 6.27. The van der Waals surface area contributed by atoms with E-state index in [-0.39, 0.29) is 12.1 Å². The molecular weight excluding hydrogens is 359 g/mol. The zero-order chi connectivity index (χ0) is 19.8. The Balaban J connectivity index is 1.84. The summed E-state index contributed by atoms with van der Waals surface area (Å²) in [4.78, 5) is 30.6. The minimum Gasteiger partial charge on any atom is -0.337 e. The maximum absolute atomic E-state index is 12.6. The van der Waals surface area contributed by atoms with Crippen LogP contribution in [0.15, 0.2) is 53.6 Å². The number of halogens is 3. The average molecular weight is 375 g/mol. The number of alkyl halides is 3. The predicted octanol–water partition coefficient (Wildman–Crippen LogP) is 3.29. The molecule has 0 saturated heterocycles. The van der Waals surface area contributed by atoms with E-state index in [1.165, 1.54) is 34.7 Å². The molecule has 0 radical (unpaired) electrons. The van der Waals surface area contributed by atoms with Gasteiger partial charge in [0.15, 0.2) is 0 Å². The summed E-state index contributed by atoms with van der Waals surface area (Å²) in [7, 11) is 1.48. The number of carbonyl (C=O) groups excluding carboxylic acids is 1. The van der Waals surface area contributed by atoms with Crippen molar-refractivity contribution >= 4 is 11.6 Å². The maximum Gasteiger partial charge on any atom is 0.416 e. The van der Waals surface area contributed by atoms with Gasteiger partial charge in [0.05, 0.1) is 5.56 Å². The average Bonchev–Trinajstić information content (AvgIpc) is 2.61. The summed E-state index contributed by atoms with van der Waals surface area (Å²) >= 11 is 0. The molecule has 1 aromatic carbocycles. The zero-order valence-electron chi connectivity index (χ0n) is 14.6. The molecule has 0 saturated carbocycles. The molecule has 0 N–H and O–H groups in total. The van der Waals surface area contributed by atoms with Crippen LogP contribution in [-0.4, -0.2) is 27.2 Å². The van der Waals surface area contributed by atoms with Gasteiger partial charge in [0.25, 0.3) is 11.5 Å². The number of fused-ring (bicyclic) bond motifs is 1. The summed E-state index contributed by atoms with van der Waals surface area (Å²) in [6, 6.07) is 8.02. The van der Waals surface area contributed by atoms with Crippen molar-refractivity contribution in [1.29, 1.82) is 0 Å². The molecule has 0 spiro atoms. The Hall–Kier alpha value is -3.16. The van der Waals surface area contributed by atoms with Crippen LogP contribution < -0.4 is 5.56 Å². The van der Waals surface area contributed by atoms with Crippen molar-refractivity contribution in [3.63, 3.8) is 0 Å². The van der Waals surface area contributed by atoms with Gasteiger partial charge in [-0.05, 0) is 36.2 Å². The number of hydrogen-bond donors (Lipinski definition) is 0. The van der Waals surface area contributed by atoms with E-state index in [0.717, 1.165) is 17.7 Å². The SMILES string of the molecule is Cc1ccc2ncc(C(=O)N(C)Cc3ccc(C(F)(F)F)cc3)c(=O)n2c1. The first-order valence-corrected chi connectivity index (χ1v) is 8.06. The Morgan fingerprint density at radius 1 is 1.15 bits per heavy atom. The molecule has 0 bridgehead atoms. The first-order chi connectivity index (χ1) is 12.7. The number of nitrogens with zero attached hydrogens (tertiary/aromatic N) is 3. The molecule has 0 fully saturated rings. The molecule has 0 atom stereocenters. The van der Waals surface area contributed by atoms with E-state index >= 15 is 0 Å². The number of aryl methyl sites for hydroxylation is 1. The van der Waals surface area contributed by atoms with Crippen LogP contribution in [-0.2, 0) is 12.7 Å². The second kappa shape index (κ2) is 6.86. The van der Waals surface area contributed by atoms with Crippen molar-refractivity contribution in [3.05, 3.63) is 81.4 Å². The third-order valence-corrected chi connectivity index (χ3v) is 4.13. The van der Waals surface area contributed by atoms with Gasteiger partial charge in [-0.2, -0.15) is 13.2 Å². The first-order valence-electron chi connectivity index (χ1n) is 8.06. The third-order valence-electron chi connectivity index (χ3n) is 4.13. The lowest BCUT2D eigenvalue weighted by Gasteiger charge is -2.17. The number of hydrogen-bond acceptors (Lipinski definition) is 3. The Bertz CT molecular complexity index is 1060. The number of amides is 1. The fourth-order valence-electron chi connectivity index (χ4n) is 2.68. The lowest BCUT2D eigenvalue weighted by molar-refractivity contribution is -0.137. The van der Waals surface area contributed by atoms with Crippen LogP contribution in [0.2, 0.25) is 0 Å². The molecule has 3 rings (SSSR count). The highest BCUT2D eigenvalue weighted by molar-refractivity contribution is 5.93. The molecule has 140 valence electrons. The van der Waals surface area contributed by atoms with Gasteiger partial charge in [0.1, 0.15) is 11.2 Å². The highest BCUT2D eigenvalue weighted by Gasteiger charge is 2.30. The van der Waals surface area contributed by atoms with E-state index in [0.29, 0.717) is 11.2 Å². The Morgan fingerprint density at radius 3 is 2.44 bits per heavy atom. The molecule has 0 aliphatic heterocycles. The summed E-state index contributed by atoms with van der Waals surface area (Å²) < 4.78 is 39.2. The Morgan fingerprint density at radius 2 is 1.81 bits per heavy atom. The van der Waals surface area contributed by atoms with Crippen molar-refractivity contribution < 1.29 is 18.0 Å².